The summed E-state index contributed by atoms with van der Waals surface area (Å²) >= 11 is 0. The van der Waals surface area contributed by atoms with Crippen LogP contribution in [0.5, 0.6) is 0 Å². The highest BCUT2D eigenvalue weighted by atomic mass is 16.2. The van der Waals surface area contributed by atoms with Crippen LogP contribution in [0.3, 0.4) is 0 Å². The smallest absolute Gasteiger partial charge is 0.332 e. The molecule has 0 atom stereocenters. The van der Waals surface area contributed by atoms with E-state index in [1.54, 1.807) is 19.3 Å². The Morgan fingerprint density at radius 1 is 1.25 bits per heavy atom. The van der Waals surface area contributed by atoms with Crippen molar-refractivity contribution in [2.75, 3.05) is 0 Å². The SMILES string of the molecule is Cn1c(=O)n(C(C)(C)C)c(=O)c2cc[nH]c21. The molecular formula is C11H15N3O2. The topological polar surface area (TPSA) is 59.8 Å². The Morgan fingerprint density at radius 3 is 2.44 bits per heavy atom. The first-order chi connectivity index (χ1) is 7.34. The summed E-state index contributed by atoms with van der Waals surface area (Å²) in [6.45, 7) is 5.52. The molecular weight excluding hydrogens is 206 g/mol. The molecule has 0 spiro atoms. The molecule has 5 heteroatoms. The lowest BCUT2D eigenvalue weighted by atomic mass is 10.1. The second-order valence-corrected chi connectivity index (χ2v) is 4.89. The molecule has 0 aromatic carbocycles. The maximum absolute atomic E-state index is 12.1. The number of fused-ring (bicyclic) bond motifs is 1. The third kappa shape index (κ3) is 1.31. The Morgan fingerprint density at radius 2 is 1.88 bits per heavy atom. The number of hydrogen-bond acceptors (Lipinski definition) is 2. The summed E-state index contributed by atoms with van der Waals surface area (Å²) in [6, 6.07) is 1.69. The minimum atomic E-state index is -0.516. The molecule has 0 aliphatic heterocycles. The van der Waals surface area contributed by atoms with Gasteiger partial charge in [-0.2, -0.15) is 0 Å². The normalized spacial score (nSPS) is 12.2. The van der Waals surface area contributed by atoms with Crippen LogP contribution in [-0.4, -0.2) is 14.1 Å². The van der Waals surface area contributed by atoms with Crippen LogP contribution in [0.4, 0.5) is 0 Å². The first-order valence-corrected chi connectivity index (χ1v) is 5.13. The lowest BCUT2D eigenvalue weighted by molar-refractivity contribution is 0.362. The van der Waals surface area contributed by atoms with Crippen LogP contribution in [0.1, 0.15) is 20.8 Å². The van der Waals surface area contributed by atoms with Gasteiger partial charge in [0.2, 0.25) is 0 Å². The molecule has 86 valence electrons. The first-order valence-electron chi connectivity index (χ1n) is 5.13. The fourth-order valence-corrected chi connectivity index (χ4v) is 1.86. The van der Waals surface area contributed by atoms with Crippen molar-refractivity contribution < 1.29 is 0 Å². The van der Waals surface area contributed by atoms with Crippen LogP contribution in [0.25, 0.3) is 11.0 Å². The lowest BCUT2D eigenvalue weighted by Gasteiger charge is -2.21. The summed E-state index contributed by atoms with van der Waals surface area (Å²) < 4.78 is 2.74. The zero-order valence-corrected chi connectivity index (χ0v) is 9.87. The van der Waals surface area contributed by atoms with E-state index in [1.165, 1.54) is 9.13 Å². The Kier molecular flexibility index (Phi) is 2.08. The van der Waals surface area contributed by atoms with E-state index in [-0.39, 0.29) is 11.2 Å². The third-order valence-electron chi connectivity index (χ3n) is 2.64. The Hall–Kier alpha value is -1.78. The average Bonchev–Trinajstić information content (AvgIpc) is 2.61. The number of aryl methyl sites for hydroxylation is 1. The molecule has 1 N–H and O–H groups in total. The summed E-state index contributed by atoms with van der Waals surface area (Å²) in [6.07, 6.45) is 1.67. The van der Waals surface area contributed by atoms with Gasteiger partial charge >= 0.3 is 5.69 Å². The highest BCUT2D eigenvalue weighted by molar-refractivity contribution is 5.74. The summed E-state index contributed by atoms with van der Waals surface area (Å²) in [4.78, 5) is 27.1. The average molecular weight is 221 g/mol. The Labute approximate surface area is 92.3 Å². The Balaban J connectivity index is 3.07. The van der Waals surface area contributed by atoms with Crippen molar-refractivity contribution in [1.82, 2.24) is 14.1 Å². The zero-order valence-electron chi connectivity index (χ0n) is 9.87. The molecule has 0 bridgehead atoms. The first kappa shape index (κ1) is 10.7. The summed E-state index contributed by atoms with van der Waals surface area (Å²) in [7, 11) is 1.66. The van der Waals surface area contributed by atoms with Crippen molar-refractivity contribution in [3.63, 3.8) is 0 Å². The van der Waals surface area contributed by atoms with Crippen molar-refractivity contribution in [3.8, 4) is 0 Å². The van der Waals surface area contributed by atoms with Crippen LogP contribution in [-0.2, 0) is 12.6 Å². The van der Waals surface area contributed by atoms with Gasteiger partial charge in [-0.05, 0) is 26.8 Å². The number of rotatable bonds is 0. The fourth-order valence-electron chi connectivity index (χ4n) is 1.86. The minimum absolute atomic E-state index is 0.244. The molecule has 0 saturated carbocycles. The van der Waals surface area contributed by atoms with E-state index in [1.807, 2.05) is 20.8 Å². The van der Waals surface area contributed by atoms with E-state index in [0.717, 1.165) is 0 Å². The molecule has 2 heterocycles. The minimum Gasteiger partial charge on any atom is -0.347 e. The molecule has 2 aromatic rings. The lowest BCUT2D eigenvalue weighted by Crippen LogP contribution is -2.47. The molecule has 0 fully saturated rings. The monoisotopic (exact) mass is 221 g/mol. The molecule has 0 amide bonds. The van der Waals surface area contributed by atoms with Gasteiger partial charge in [0.25, 0.3) is 5.56 Å². The maximum atomic E-state index is 12.1. The van der Waals surface area contributed by atoms with Crippen molar-refractivity contribution in [2.24, 2.45) is 7.05 Å². The van der Waals surface area contributed by atoms with Crippen LogP contribution in [0.15, 0.2) is 21.9 Å². The highest BCUT2D eigenvalue weighted by Gasteiger charge is 2.21. The van der Waals surface area contributed by atoms with Gasteiger partial charge in [0.1, 0.15) is 5.65 Å². The third-order valence-corrected chi connectivity index (χ3v) is 2.64. The van der Waals surface area contributed by atoms with E-state index in [0.29, 0.717) is 11.0 Å². The molecule has 16 heavy (non-hydrogen) atoms. The van der Waals surface area contributed by atoms with Crippen LogP contribution < -0.4 is 11.2 Å². The van der Waals surface area contributed by atoms with Gasteiger partial charge in [0.15, 0.2) is 0 Å². The summed E-state index contributed by atoms with van der Waals surface area (Å²) in [5, 5.41) is 0.539. The van der Waals surface area contributed by atoms with Crippen LogP contribution in [0.2, 0.25) is 0 Å². The van der Waals surface area contributed by atoms with Crippen molar-refractivity contribution in [3.05, 3.63) is 33.1 Å². The standard InChI is InChI=1S/C11H15N3O2/c1-11(2,3)14-9(15)7-5-6-12-8(7)13(4)10(14)16/h5-6,12H,1-4H3. The molecule has 2 rings (SSSR count). The van der Waals surface area contributed by atoms with E-state index < -0.39 is 5.54 Å². The number of hydrogen-bond donors (Lipinski definition) is 1. The predicted molar refractivity (Wildman–Crippen MR) is 62.8 cm³/mol. The molecule has 0 unspecified atom stereocenters. The second kappa shape index (κ2) is 3.10. The fraction of sp³-hybridized carbons (Fsp3) is 0.455. The van der Waals surface area contributed by atoms with Gasteiger partial charge in [-0.3, -0.25) is 13.9 Å². The number of nitrogens with zero attached hydrogens (tertiary/aromatic N) is 2. The van der Waals surface area contributed by atoms with E-state index in [9.17, 15) is 9.59 Å². The number of aromatic nitrogens is 3. The van der Waals surface area contributed by atoms with Gasteiger partial charge in [-0.25, -0.2) is 4.79 Å². The molecule has 0 radical (unpaired) electrons. The quantitative estimate of drug-likeness (QED) is 0.714. The molecule has 0 aliphatic carbocycles. The van der Waals surface area contributed by atoms with Gasteiger partial charge < -0.3 is 4.98 Å². The van der Waals surface area contributed by atoms with Crippen molar-refractivity contribution >= 4 is 11.0 Å². The summed E-state index contributed by atoms with van der Waals surface area (Å²) in [5.41, 5.74) is -0.494. The zero-order chi connectivity index (χ0) is 12.1. The largest absolute Gasteiger partial charge is 0.347 e. The van der Waals surface area contributed by atoms with Gasteiger partial charge in [-0.15, -0.1) is 0 Å². The molecule has 0 saturated heterocycles. The summed E-state index contributed by atoms with van der Waals surface area (Å²) in [5.74, 6) is 0. The van der Waals surface area contributed by atoms with Gasteiger partial charge in [0.05, 0.1) is 5.39 Å². The van der Waals surface area contributed by atoms with E-state index in [2.05, 4.69) is 4.98 Å². The van der Waals surface area contributed by atoms with Gasteiger partial charge in [-0.1, -0.05) is 0 Å². The van der Waals surface area contributed by atoms with Gasteiger partial charge in [0, 0.05) is 18.8 Å². The molecule has 5 nitrogen and oxygen atoms in total. The second-order valence-electron chi connectivity index (χ2n) is 4.89. The van der Waals surface area contributed by atoms with Crippen molar-refractivity contribution in [2.45, 2.75) is 26.3 Å². The van der Waals surface area contributed by atoms with Crippen molar-refractivity contribution in [1.29, 1.82) is 0 Å². The predicted octanol–water partition coefficient (Wildman–Crippen LogP) is 0.783. The number of nitrogens with one attached hydrogen (secondary N) is 1. The highest BCUT2D eigenvalue weighted by Crippen LogP contribution is 2.10. The van der Waals surface area contributed by atoms with E-state index >= 15 is 0 Å². The molecule has 0 aliphatic rings. The van der Waals surface area contributed by atoms with Crippen LogP contribution in [0, 0.1) is 0 Å². The Bertz CT molecular complexity index is 652. The molecule has 2 aromatic heterocycles. The maximum Gasteiger partial charge on any atom is 0.332 e. The van der Waals surface area contributed by atoms with Crippen LogP contribution >= 0.6 is 0 Å². The number of H-pyrrole nitrogens is 1. The van der Waals surface area contributed by atoms with E-state index in [4.69, 9.17) is 0 Å². The number of aromatic amines is 1.